The van der Waals surface area contributed by atoms with Crippen LogP contribution in [0.1, 0.15) is 25.8 Å². The van der Waals surface area contributed by atoms with Crippen molar-refractivity contribution in [1.29, 1.82) is 0 Å². The van der Waals surface area contributed by atoms with Crippen molar-refractivity contribution in [1.82, 2.24) is 0 Å². The van der Waals surface area contributed by atoms with E-state index in [1.165, 1.54) is 0 Å². The maximum Gasteiger partial charge on any atom is 0.308 e. The maximum atomic E-state index is 11.2. The van der Waals surface area contributed by atoms with E-state index in [1.807, 2.05) is 31.2 Å². The first kappa shape index (κ1) is 14.5. The Labute approximate surface area is 108 Å². The molecule has 0 aliphatic carbocycles. The fraction of sp³-hybridized carbons (Fsp3) is 0.500. The van der Waals surface area contributed by atoms with Gasteiger partial charge in [0.2, 0.25) is 0 Å². The number of carbonyl (C=O) groups excluding carboxylic acids is 1. The van der Waals surface area contributed by atoms with Crippen LogP contribution < -0.4 is 4.74 Å². The van der Waals surface area contributed by atoms with Crippen molar-refractivity contribution in [3.63, 3.8) is 0 Å². The molecular formula is C14H20O4. The molecule has 0 radical (unpaired) electrons. The molecule has 0 fully saturated rings. The van der Waals surface area contributed by atoms with Crippen LogP contribution in [-0.4, -0.2) is 30.4 Å². The Kier molecular flexibility index (Phi) is 6.22. The molecule has 0 aliphatic rings. The van der Waals surface area contributed by atoms with E-state index < -0.39 is 6.10 Å². The highest BCUT2D eigenvalue weighted by Gasteiger charge is 2.14. The SMILES string of the molecule is CCOC(=O)C[C@@H](O)Cc1ccccc1OCC. The van der Waals surface area contributed by atoms with Gasteiger partial charge in [0.1, 0.15) is 5.75 Å². The molecular weight excluding hydrogens is 232 g/mol. The molecule has 100 valence electrons. The molecule has 0 spiro atoms. The van der Waals surface area contributed by atoms with Gasteiger partial charge in [0.05, 0.1) is 25.7 Å². The summed E-state index contributed by atoms with van der Waals surface area (Å²) < 4.78 is 10.3. The average Bonchev–Trinajstić information content (AvgIpc) is 2.32. The van der Waals surface area contributed by atoms with Crippen LogP contribution in [0.3, 0.4) is 0 Å². The zero-order chi connectivity index (χ0) is 13.4. The van der Waals surface area contributed by atoms with Gasteiger partial charge in [-0.2, -0.15) is 0 Å². The van der Waals surface area contributed by atoms with Crippen molar-refractivity contribution in [3.8, 4) is 5.75 Å². The molecule has 0 heterocycles. The maximum absolute atomic E-state index is 11.2. The molecule has 0 aromatic heterocycles. The molecule has 0 saturated carbocycles. The molecule has 18 heavy (non-hydrogen) atoms. The summed E-state index contributed by atoms with van der Waals surface area (Å²) in [5.41, 5.74) is 0.899. The third-order valence-electron chi connectivity index (χ3n) is 2.44. The smallest absolute Gasteiger partial charge is 0.308 e. The summed E-state index contributed by atoms with van der Waals surface area (Å²) >= 11 is 0. The van der Waals surface area contributed by atoms with Gasteiger partial charge in [0.25, 0.3) is 0 Å². The number of benzene rings is 1. The predicted octanol–water partition coefficient (Wildman–Crippen LogP) is 1.94. The number of hydrogen-bond acceptors (Lipinski definition) is 4. The van der Waals surface area contributed by atoms with Crippen LogP contribution >= 0.6 is 0 Å². The number of esters is 1. The molecule has 1 N–H and O–H groups in total. The quantitative estimate of drug-likeness (QED) is 0.753. The minimum atomic E-state index is -0.745. The van der Waals surface area contributed by atoms with Gasteiger partial charge in [-0.25, -0.2) is 0 Å². The Morgan fingerprint density at radius 3 is 2.67 bits per heavy atom. The van der Waals surface area contributed by atoms with E-state index in [9.17, 15) is 9.90 Å². The molecule has 4 nitrogen and oxygen atoms in total. The van der Waals surface area contributed by atoms with Gasteiger partial charge >= 0.3 is 5.97 Å². The van der Waals surface area contributed by atoms with Crippen molar-refractivity contribution in [2.75, 3.05) is 13.2 Å². The van der Waals surface area contributed by atoms with E-state index in [0.717, 1.165) is 11.3 Å². The summed E-state index contributed by atoms with van der Waals surface area (Å²) in [6, 6.07) is 7.51. The Morgan fingerprint density at radius 2 is 2.00 bits per heavy atom. The van der Waals surface area contributed by atoms with Crippen molar-refractivity contribution in [2.24, 2.45) is 0 Å². The summed E-state index contributed by atoms with van der Waals surface area (Å²) in [5, 5.41) is 9.84. The second-order valence-corrected chi connectivity index (χ2v) is 3.91. The summed E-state index contributed by atoms with van der Waals surface area (Å²) in [7, 11) is 0. The summed E-state index contributed by atoms with van der Waals surface area (Å²) in [6.45, 7) is 4.56. The van der Waals surface area contributed by atoms with E-state index in [1.54, 1.807) is 6.92 Å². The van der Waals surface area contributed by atoms with Gasteiger partial charge in [0.15, 0.2) is 0 Å². The predicted molar refractivity (Wildman–Crippen MR) is 68.6 cm³/mol. The highest BCUT2D eigenvalue weighted by atomic mass is 16.5. The highest BCUT2D eigenvalue weighted by molar-refractivity contribution is 5.69. The van der Waals surface area contributed by atoms with Crippen LogP contribution in [-0.2, 0) is 16.0 Å². The van der Waals surface area contributed by atoms with Crippen LogP contribution in [0.15, 0.2) is 24.3 Å². The first-order chi connectivity index (χ1) is 8.67. The third kappa shape index (κ3) is 4.75. The molecule has 1 atom stereocenters. The number of aliphatic hydroxyl groups is 1. The minimum Gasteiger partial charge on any atom is -0.494 e. The van der Waals surface area contributed by atoms with Crippen molar-refractivity contribution >= 4 is 5.97 Å². The van der Waals surface area contributed by atoms with Gasteiger partial charge in [-0.15, -0.1) is 0 Å². The van der Waals surface area contributed by atoms with Crippen LogP contribution in [0.25, 0.3) is 0 Å². The summed E-state index contributed by atoms with van der Waals surface area (Å²) in [4.78, 5) is 11.2. The zero-order valence-electron chi connectivity index (χ0n) is 10.9. The Balaban J connectivity index is 2.58. The lowest BCUT2D eigenvalue weighted by atomic mass is 10.0. The first-order valence-electron chi connectivity index (χ1n) is 6.21. The number of ether oxygens (including phenoxy) is 2. The summed E-state index contributed by atoms with van der Waals surface area (Å²) in [5.74, 6) is 0.377. The van der Waals surface area contributed by atoms with Gasteiger partial charge in [0, 0.05) is 6.42 Å². The number of aliphatic hydroxyl groups excluding tert-OH is 1. The average molecular weight is 252 g/mol. The molecule has 1 aromatic carbocycles. The van der Waals surface area contributed by atoms with E-state index in [-0.39, 0.29) is 12.4 Å². The molecule has 1 aromatic rings. The van der Waals surface area contributed by atoms with Gasteiger partial charge in [-0.05, 0) is 25.5 Å². The monoisotopic (exact) mass is 252 g/mol. The lowest BCUT2D eigenvalue weighted by Crippen LogP contribution is -2.18. The van der Waals surface area contributed by atoms with Gasteiger partial charge in [-0.3, -0.25) is 4.79 Å². The number of hydrogen-bond donors (Lipinski definition) is 1. The largest absolute Gasteiger partial charge is 0.494 e. The molecule has 0 bridgehead atoms. The lowest BCUT2D eigenvalue weighted by Gasteiger charge is -2.13. The van der Waals surface area contributed by atoms with Gasteiger partial charge < -0.3 is 14.6 Å². The van der Waals surface area contributed by atoms with E-state index in [4.69, 9.17) is 9.47 Å². The first-order valence-corrected chi connectivity index (χ1v) is 6.21. The second kappa shape index (κ2) is 7.71. The molecule has 4 heteroatoms. The Hall–Kier alpha value is -1.55. The van der Waals surface area contributed by atoms with E-state index in [0.29, 0.717) is 19.6 Å². The molecule has 0 aliphatic heterocycles. The highest BCUT2D eigenvalue weighted by Crippen LogP contribution is 2.20. The number of rotatable bonds is 7. The zero-order valence-corrected chi connectivity index (χ0v) is 10.9. The number of carbonyl (C=O) groups is 1. The summed E-state index contributed by atoms with van der Waals surface area (Å²) in [6.07, 6.45) is -0.353. The molecule has 1 rings (SSSR count). The van der Waals surface area contributed by atoms with Crippen molar-refractivity contribution < 1.29 is 19.4 Å². The molecule has 0 unspecified atom stereocenters. The third-order valence-corrected chi connectivity index (χ3v) is 2.44. The fourth-order valence-electron chi connectivity index (χ4n) is 1.71. The molecule has 0 saturated heterocycles. The second-order valence-electron chi connectivity index (χ2n) is 3.91. The standard InChI is InChI=1S/C14H20O4/c1-3-17-13-8-6-5-7-11(13)9-12(15)10-14(16)18-4-2/h5-8,12,15H,3-4,9-10H2,1-2H3/t12-/m0/s1. The van der Waals surface area contributed by atoms with Crippen molar-refractivity contribution in [2.45, 2.75) is 32.8 Å². The van der Waals surface area contributed by atoms with Crippen LogP contribution in [0.4, 0.5) is 0 Å². The van der Waals surface area contributed by atoms with Crippen molar-refractivity contribution in [3.05, 3.63) is 29.8 Å². The number of para-hydroxylation sites is 1. The van der Waals surface area contributed by atoms with Crippen LogP contribution in [0.2, 0.25) is 0 Å². The fourth-order valence-corrected chi connectivity index (χ4v) is 1.71. The van der Waals surface area contributed by atoms with E-state index >= 15 is 0 Å². The minimum absolute atomic E-state index is 0.00823. The van der Waals surface area contributed by atoms with Crippen LogP contribution in [0, 0.1) is 0 Å². The Morgan fingerprint density at radius 1 is 1.28 bits per heavy atom. The Bertz CT molecular complexity index is 376. The van der Waals surface area contributed by atoms with Gasteiger partial charge in [-0.1, -0.05) is 18.2 Å². The normalized spacial score (nSPS) is 11.9. The van der Waals surface area contributed by atoms with E-state index in [2.05, 4.69) is 0 Å². The van der Waals surface area contributed by atoms with Crippen LogP contribution in [0.5, 0.6) is 5.75 Å². The lowest BCUT2D eigenvalue weighted by molar-refractivity contribution is -0.145. The molecule has 0 amide bonds. The topological polar surface area (TPSA) is 55.8 Å².